The predicted molar refractivity (Wildman–Crippen MR) is 138 cm³/mol. The maximum absolute atomic E-state index is 12.3. The summed E-state index contributed by atoms with van der Waals surface area (Å²) in [6, 6.07) is 18.3. The quantitative estimate of drug-likeness (QED) is 0.188. The molecular weight excluding hydrogens is 505 g/mol. The summed E-state index contributed by atoms with van der Waals surface area (Å²) >= 11 is 5.30. The van der Waals surface area contributed by atoms with E-state index in [4.69, 9.17) is 17.0 Å². The molecule has 0 bridgehead atoms. The number of aromatic nitrogens is 3. The highest BCUT2D eigenvalue weighted by Crippen LogP contribution is 2.25. The van der Waals surface area contributed by atoms with Crippen LogP contribution in [0.25, 0.3) is 17.1 Å². The van der Waals surface area contributed by atoms with Gasteiger partial charge in [-0.1, -0.05) is 30.3 Å². The van der Waals surface area contributed by atoms with Crippen LogP contribution < -0.4 is 20.2 Å². The van der Waals surface area contributed by atoms with E-state index in [9.17, 15) is 13.2 Å². The molecule has 3 aromatic carbocycles. The summed E-state index contributed by atoms with van der Waals surface area (Å²) in [6.07, 6.45) is -1.65. The Hall–Kier alpha value is -4.45. The first-order valence-electron chi connectivity index (χ1n) is 10.8. The van der Waals surface area contributed by atoms with Crippen molar-refractivity contribution in [3.05, 3.63) is 84.2 Å². The van der Waals surface area contributed by atoms with Crippen LogP contribution in [-0.2, 0) is 0 Å². The molecule has 0 aliphatic carbocycles. The monoisotopic (exact) mass is 526 g/mol. The van der Waals surface area contributed by atoms with Gasteiger partial charge in [0.15, 0.2) is 10.9 Å². The molecule has 0 radical (unpaired) electrons. The van der Waals surface area contributed by atoms with E-state index in [1.807, 2.05) is 49.4 Å². The van der Waals surface area contributed by atoms with E-state index in [-0.39, 0.29) is 5.75 Å². The second kappa shape index (κ2) is 11.1. The van der Waals surface area contributed by atoms with Gasteiger partial charge in [0.05, 0.1) is 19.0 Å². The number of benzene rings is 3. The number of hydrogen-bond acceptors (Lipinski definition) is 6. The first kappa shape index (κ1) is 25.6. The number of halogens is 3. The SMILES string of the molecule is COc1cccc(NC(=S)NN=Cc2ccc(-c3ncn(-c4ccc(OC(F)(F)F)cc4)n3)cc2)c1C. The fraction of sp³-hybridized carbons (Fsp3) is 0.120. The molecule has 0 unspecified atom stereocenters. The highest BCUT2D eigenvalue weighted by molar-refractivity contribution is 7.80. The summed E-state index contributed by atoms with van der Waals surface area (Å²) in [4.78, 5) is 4.28. The molecule has 0 atom stereocenters. The second-order valence-electron chi connectivity index (χ2n) is 7.63. The third-order valence-electron chi connectivity index (χ3n) is 5.13. The zero-order valence-electron chi connectivity index (χ0n) is 19.7. The maximum Gasteiger partial charge on any atom is 0.573 e. The Bertz CT molecular complexity index is 1400. The highest BCUT2D eigenvalue weighted by atomic mass is 32.1. The molecule has 8 nitrogen and oxygen atoms in total. The van der Waals surface area contributed by atoms with Gasteiger partial charge in [0.2, 0.25) is 0 Å². The summed E-state index contributed by atoms with van der Waals surface area (Å²) in [5, 5.41) is 12.0. The van der Waals surface area contributed by atoms with Crippen molar-refractivity contribution in [3.63, 3.8) is 0 Å². The van der Waals surface area contributed by atoms with Crippen LogP contribution >= 0.6 is 12.2 Å². The molecule has 0 aliphatic rings. The Morgan fingerprint density at radius 2 is 1.78 bits per heavy atom. The van der Waals surface area contributed by atoms with Gasteiger partial charge in [-0.2, -0.15) is 5.10 Å². The van der Waals surface area contributed by atoms with Gasteiger partial charge >= 0.3 is 6.36 Å². The van der Waals surface area contributed by atoms with Crippen molar-refractivity contribution in [2.45, 2.75) is 13.3 Å². The van der Waals surface area contributed by atoms with E-state index in [1.165, 1.54) is 35.3 Å². The van der Waals surface area contributed by atoms with Crippen molar-refractivity contribution >= 4 is 29.2 Å². The molecule has 0 amide bonds. The molecule has 12 heteroatoms. The number of thiocarbonyl (C=S) groups is 1. The van der Waals surface area contributed by atoms with E-state index >= 15 is 0 Å². The number of hydrazone groups is 1. The molecule has 1 aromatic heterocycles. The topological polar surface area (TPSA) is 85.6 Å². The van der Waals surface area contributed by atoms with Crippen molar-refractivity contribution < 1.29 is 22.6 Å². The standard InChI is InChI=1S/C25H21F3N6O2S/c1-16-21(4-3-5-22(16)35-2)31-24(37)32-30-14-17-6-8-18(9-7-17)23-29-15-34(33-23)19-10-12-20(13-11-19)36-25(26,27)28/h3-15H,1-2H3,(H2,31,32,37). The van der Waals surface area contributed by atoms with Gasteiger partial charge in [-0.25, -0.2) is 9.67 Å². The molecule has 4 rings (SSSR count). The second-order valence-corrected chi connectivity index (χ2v) is 8.04. The Balaban J connectivity index is 1.35. The molecule has 0 aliphatic heterocycles. The minimum atomic E-state index is -4.74. The van der Waals surface area contributed by atoms with Crippen LogP contribution in [0.15, 0.2) is 78.2 Å². The number of nitrogens with one attached hydrogen (secondary N) is 2. The third kappa shape index (κ3) is 6.82. The van der Waals surface area contributed by atoms with Gasteiger partial charge in [-0.3, -0.25) is 5.43 Å². The number of alkyl halides is 3. The summed E-state index contributed by atoms with van der Waals surface area (Å²) in [5.41, 5.74) is 6.63. The van der Waals surface area contributed by atoms with E-state index in [0.29, 0.717) is 16.6 Å². The van der Waals surface area contributed by atoms with Crippen LogP contribution in [-0.4, -0.2) is 39.6 Å². The van der Waals surface area contributed by atoms with Crippen LogP contribution in [0.4, 0.5) is 18.9 Å². The molecule has 4 aromatic rings. The van der Waals surface area contributed by atoms with Crippen LogP contribution in [0, 0.1) is 6.92 Å². The zero-order valence-corrected chi connectivity index (χ0v) is 20.5. The number of hydrogen-bond donors (Lipinski definition) is 2. The summed E-state index contributed by atoms with van der Waals surface area (Å²) in [7, 11) is 1.61. The Kier molecular flexibility index (Phi) is 7.68. The molecular formula is C25H21F3N6O2S. The molecule has 37 heavy (non-hydrogen) atoms. The third-order valence-corrected chi connectivity index (χ3v) is 5.32. The largest absolute Gasteiger partial charge is 0.573 e. The van der Waals surface area contributed by atoms with Crippen molar-refractivity contribution in [1.82, 2.24) is 20.2 Å². The van der Waals surface area contributed by atoms with Crippen LogP contribution in [0.3, 0.4) is 0 Å². The lowest BCUT2D eigenvalue weighted by Gasteiger charge is -2.12. The smallest absolute Gasteiger partial charge is 0.496 e. The van der Waals surface area contributed by atoms with Crippen LogP contribution in [0.2, 0.25) is 0 Å². The number of nitrogens with zero attached hydrogens (tertiary/aromatic N) is 4. The average molecular weight is 527 g/mol. The van der Waals surface area contributed by atoms with Crippen molar-refractivity contribution in [1.29, 1.82) is 0 Å². The average Bonchev–Trinajstić information content (AvgIpc) is 3.36. The molecule has 2 N–H and O–H groups in total. The maximum atomic E-state index is 12.3. The van der Waals surface area contributed by atoms with Crippen molar-refractivity contribution in [3.8, 4) is 28.6 Å². The van der Waals surface area contributed by atoms with Crippen LogP contribution in [0.1, 0.15) is 11.1 Å². The van der Waals surface area contributed by atoms with Gasteiger partial charge in [0.1, 0.15) is 17.8 Å². The zero-order chi connectivity index (χ0) is 26.4. The van der Waals surface area contributed by atoms with Crippen molar-refractivity contribution in [2.24, 2.45) is 5.10 Å². The minimum absolute atomic E-state index is 0.310. The molecule has 1 heterocycles. The van der Waals surface area contributed by atoms with Gasteiger partial charge < -0.3 is 14.8 Å². The fourth-order valence-electron chi connectivity index (χ4n) is 3.33. The summed E-state index contributed by atoms with van der Waals surface area (Å²) in [6.45, 7) is 1.93. The lowest BCUT2D eigenvalue weighted by molar-refractivity contribution is -0.274. The van der Waals surface area contributed by atoms with Gasteiger partial charge in [-0.15, -0.1) is 18.3 Å². The first-order valence-corrected chi connectivity index (χ1v) is 11.2. The fourth-order valence-corrected chi connectivity index (χ4v) is 3.49. The lowest BCUT2D eigenvalue weighted by atomic mass is 10.1. The number of methoxy groups -OCH3 is 1. The number of anilines is 1. The van der Waals surface area contributed by atoms with Gasteiger partial charge in [0, 0.05) is 16.8 Å². The highest BCUT2D eigenvalue weighted by Gasteiger charge is 2.31. The predicted octanol–water partition coefficient (Wildman–Crippen LogP) is 5.47. The number of ether oxygens (including phenoxy) is 2. The van der Waals surface area contributed by atoms with Gasteiger partial charge in [-0.05, 0) is 61.1 Å². The molecule has 0 saturated heterocycles. The Morgan fingerprint density at radius 3 is 2.46 bits per heavy atom. The summed E-state index contributed by atoms with van der Waals surface area (Å²) in [5.74, 6) is 0.899. The van der Waals surface area contributed by atoms with E-state index in [0.717, 1.165) is 28.1 Å². The minimum Gasteiger partial charge on any atom is -0.496 e. The molecule has 0 spiro atoms. The molecule has 0 saturated carbocycles. The van der Waals surface area contributed by atoms with E-state index in [2.05, 4.69) is 30.7 Å². The Morgan fingerprint density at radius 1 is 1.05 bits per heavy atom. The van der Waals surface area contributed by atoms with Crippen molar-refractivity contribution in [2.75, 3.05) is 12.4 Å². The Labute approximate surface area is 215 Å². The molecule has 0 fully saturated rings. The van der Waals surface area contributed by atoms with E-state index < -0.39 is 6.36 Å². The number of rotatable bonds is 7. The van der Waals surface area contributed by atoms with Gasteiger partial charge in [0.25, 0.3) is 0 Å². The van der Waals surface area contributed by atoms with E-state index in [1.54, 1.807) is 13.3 Å². The normalized spacial score (nSPS) is 11.4. The first-order chi connectivity index (χ1) is 17.7. The van der Waals surface area contributed by atoms with Crippen LogP contribution in [0.5, 0.6) is 11.5 Å². The lowest BCUT2D eigenvalue weighted by Crippen LogP contribution is -2.24. The molecule has 190 valence electrons. The summed E-state index contributed by atoms with van der Waals surface area (Å²) < 4.78 is 47.6.